The minimum atomic E-state index is -0.856. The molecule has 144 valence electrons. The zero-order valence-corrected chi connectivity index (χ0v) is 15.6. The summed E-state index contributed by atoms with van der Waals surface area (Å²) < 4.78 is 0. The number of nitrogens with one attached hydrogen (secondary N) is 1. The normalized spacial score (nSPS) is 28.3. The number of nitrogens with zero attached hydrogens (tertiary/aromatic N) is 2. The quantitative estimate of drug-likeness (QED) is 0.678. The molecular weight excluding hydrogens is 330 g/mol. The van der Waals surface area contributed by atoms with Crippen molar-refractivity contribution in [1.29, 1.82) is 0 Å². The highest BCUT2D eigenvalue weighted by molar-refractivity contribution is 5.75. The summed E-state index contributed by atoms with van der Waals surface area (Å²) in [7, 11) is 0. The number of rotatable bonds is 7. The topological polar surface area (TPSA) is 76.0 Å². The predicted octanol–water partition coefficient (Wildman–Crippen LogP) is 1.10. The van der Waals surface area contributed by atoms with E-state index in [-0.39, 0.29) is 18.1 Å². The molecule has 0 bridgehead atoms. The SMILES string of the molecule is CCCC(=O)NCC1C(O)C(O)CN1C(c1ccccc1)N1CCCC1. The lowest BCUT2D eigenvalue weighted by Gasteiger charge is -2.39. The van der Waals surface area contributed by atoms with Crippen LogP contribution in [0.2, 0.25) is 0 Å². The molecule has 0 spiro atoms. The van der Waals surface area contributed by atoms with Crippen LogP contribution >= 0.6 is 0 Å². The van der Waals surface area contributed by atoms with Crippen molar-refractivity contribution < 1.29 is 15.0 Å². The number of aliphatic hydroxyl groups is 2. The van der Waals surface area contributed by atoms with Gasteiger partial charge in [0, 0.05) is 19.5 Å². The Morgan fingerprint density at radius 2 is 1.92 bits per heavy atom. The highest BCUT2D eigenvalue weighted by Gasteiger charge is 2.45. The molecule has 2 saturated heterocycles. The smallest absolute Gasteiger partial charge is 0.220 e. The van der Waals surface area contributed by atoms with Crippen LogP contribution in [0.15, 0.2) is 30.3 Å². The maximum Gasteiger partial charge on any atom is 0.220 e. The summed E-state index contributed by atoms with van der Waals surface area (Å²) in [5.74, 6) is -0.00141. The van der Waals surface area contributed by atoms with Crippen molar-refractivity contribution in [3.8, 4) is 0 Å². The summed E-state index contributed by atoms with van der Waals surface area (Å²) in [5, 5.41) is 23.8. The number of amides is 1. The van der Waals surface area contributed by atoms with Crippen molar-refractivity contribution in [3.63, 3.8) is 0 Å². The zero-order chi connectivity index (χ0) is 18.5. The molecule has 0 aromatic heterocycles. The third-order valence-corrected chi connectivity index (χ3v) is 5.50. The Kier molecular flexibility index (Phi) is 6.64. The number of hydrogen-bond acceptors (Lipinski definition) is 5. The van der Waals surface area contributed by atoms with Crippen molar-refractivity contribution in [2.24, 2.45) is 0 Å². The Morgan fingerprint density at radius 3 is 2.58 bits per heavy atom. The molecule has 0 saturated carbocycles. The first-order valence-electron chi connectivity index (χ1n) is 9.79. The Morgan fingerprint density at radius 1 is 1.23 bits per heavy atom. The van der Waals surface area contributed by atoms with Gasteiger partial charge < -0.3 is 15.5 Å². The van der Waals surface area contributed by atoms with Gasteiger partial charge in [-0.15, -0.1) is 0 Å². The molecule has 4 unspecified atom stereocenters. The van der Waals surface area contributed by atoms with Crippen LogP contribution in [-0.4, -0.2) is 70.3 Å². The molecular formula is C20H31N3O3. The average Bonchev–Trinajstić information content (AvgIpc) is 3.25. The highest BCUT2D eigenvalue weighted by atomic mass is 16.3. The van der Waals surface area contributed by atoms with E-state index in [1.807, 2.05) is 25.1 Å². The maximum absolute atomic E-state index is 11.9. The average molecular weight is 361 g/mol. The van der Waals surface area contributed by atoms with Crippen LogP contribution in [0, 0.1) is 0 Å². The van der Waals surface area contributed by atoms with Crippen molar-refractivity contribution in [2.75, 3.05) is 26.2 Å². The number of likely N-dealkylation sites (tertiary alicyclic amines) is 2. The Hall–Kier alpha value is -1.47. The second-order valence-electron chi connectivity index (χ2n) is 7.40. The van der Waals surface area contributed by atoms with E-state index < -0.39 is 12.2 Å². The fourth-order valence-corrected chi connectivity index (χ4v) is 4.19. The van der Waals surface area contributed by atoms with Gasteiger partial charge >= 0.3 is 0 Å². The molecule has 2 heterocycles. The zero-order valence-electron chi connectivity index (χ0n) is 15.6. The van der Waals surface area contributed by atoms with Gasteiger partial charge in [0.15, 0.2) is 0 Å². The van der Waals surface area contributed by atoms with E-state index in [9.17, 15) is 15.0 Å². The third-order valence-electron chi connectivity index (χ3n) is 5.50. The largest absolute Gasteiger partial charge is 0.389 e. The van der Waals surface area contributed by atoms with Crippen LogP contribution in [0.1, 0.15) is 44.3 Å². The summed E-state index contributed by atoms with van der Waals surface area (Å²) in [5.41, 5.74) is 1.17. The van der Waals surface area contributed by atoms with Crippen LogP contribution < -0.4 is 5.32 Å². The Balaban J connectivity index is 1.81. The summed E-state index contributed by atoms with van der Waals surface area (Å²) in [6.45, 7) is 4.76. The molecule has 26 heavy (non-hydrogen) atoms. The van der Waals surface area contributed by atoms with Crippen LogP contribution in [0.3, 0.4) is 0 Å². The van der Waals surface area contributed by atoms with Gasteiger partial charge in [-0.3, -0.25) is 14.6 Å². The predicted molar refractivity (Wildman–Crippen MR) is 100 cm³/mol. The number of benzene rings is 1. The van der Waals surface area contributed by atoms with Gasteiger partial charge in [-0.2, -0.15) is 0 Å². The van der Waals surface area contributed by atoms with Gasteiger partial charge in [0.1, 0.15) is 0 Å². The monoisotopic (exact) mass is 361 g/mol. The molecule has 6 nitrogen and oxygen atoms in total. The molecule has 1 aromatic rings. The number of hydrogen-bond donors (Lipinski definition) is 3. The van der Waals surface area contributed by atoms with Crippen molar-refractivity contribution in [3.05, 3.63) is 35.9 Å². The molecule has 6 heteroatoms. The molecule has 0 aliphatic carbocycles. The summed E-state index contributed by atoms with van der Waals surface area (Å²) in [6, 6.07) is 9.97. The van der Waals surface area contributed by atoms with Gasteiger partial charge in [0.05, 0.1) is 24.4 Å². The van der Waals surface area contributed by atoms with E-state index in [1.165, 1.54) is 18.4 Å². The molecule has 1 amide bonds. The number of carbonyl (C=O) groups excluding carboxylic acids is 1. The second kappa shape index (κ2) is 8.95. The van der Waals surface area contributed by atoms with Crippen molar-refractivity contribution in [2.45, 2.75) is 57.0 Å². The van der Waals surface area contributed by atoms with E-state index >= 15 is 0 Å². The minimum Gasteiger partial charge on any atom is -0.389 e. The lowest BCUT2D eigenvalue weighted by molar-refractivity contribution is -0.121. The Labute approximate surface area is 155 Å². The molecule has 2 aliphatic heterocycles. The molecule has 0 radical (unpaired) electrons. The highest BCUT2D eigenvalue weighted by Crippen LogP contribution is 2.34. The lowest BCUT2D eigenvalue weighted by atomic mass is 10.1. The standard InChI is InChI=1S/C20H31N3O3/c1-2-8-18(25)21-13-16-19(26)17(24)14-23(16)20(22-11-6-7-12-22)15-9-4-3-5-10-15/h3-5,9-10,16-17,19-20,24,26H,2,6-8,11-14H2,1H3,(H,21,25). The molecule has 3 N–H and O–H groups in total. The second-order valence-corrected chi connectivity index (χ2v) is 7.40. The molecule has 2 fully saturated rings. The van der Waals surface area contributed by atoms with Gasteiger partial charge in [-0.1, -0.05) is 37.3 Å². The number of carbonyl (C=O) groups is 1. The third kappa shape index (κ3) is 4.26. The van der Waals surface area contributed by atoms with Gasteiger partial charge in [-0.25, -0.2) is 0 Å². The first-order chi connectivity index (χ1) is 12.6. The van der Waals surface area contributed by atoms with Crippen LogP contribution in [0.4, 0.5) is 0 Å². The van der Waals surface area contributed by atoms with Crippen molar-refractivity contribution in [1.82, 2.24) is 15.1 Å². The first kappa shape index (κ1) is 19.3. The Bertz CT molecular complexity index is 577. The van der Waals surface area contributed by atoms with Crippen LogP contribution in [0.5, 0.6) is 0 Å². The summed E-state index contributed by atoms with van der Waals surface area (Å²) >= 11 is 0. The molecule has 1 aromatic carbocycles. The van der Waals surface area contributed by atoms with Crippen LogP contribution in [0.25, 0.3) is 0 Å². The summed E-state index contributed by atoms with van der Waals surface area (Å²) in [4.78, 5) is 16.5. The van der Waals surface area contributed by atoms with Gasteiger partial charge in [0.2, 0.25) is 5.91 Å². The molecule has 3 rings (SSSR count). The fraction of sp³-hybridized carbons (Fsp3) is 0.650. The first-order valence-corrected chi connectivity index (χ1v) is 9.79. The van der Waals surface area contributed by atoms with Crippen LogP contribution in [-0.2, 0) is 4.79 Å². The van der Waals surface area contributed by atoms with Crippen molar-refractivity contribution >= 4 is 5.91 Å². The number of aliphatic hydroxyl groups excluding tert-OH is 2. The van der Waals surface area contributed by atoms with E-state index in [0.717, 1.165) is 19.5 Å². The lowest BCUT2D eigenvalue weighted by Crippen LogP contribution is -2.50. The van der Waals surface area contributed by atoms with E-state index in [4.69, 9.17) is 0 Å². The minimum absolute atomic E-state index is 0.00141. The van der Waals surface area contributed by atoms with Gasteiger partial charge in [-0.05, 0) is 37.9 Å². The van der Waals surface area contributed by atoms with E-state index in [1.54, 1.807) is 0 Å². The fourth-order valence-electron chi connectivity index (χ4n) is 4.19. The molecule has 4 atom stereocenters. The summed E-state index contributed by atoms with van der Waals surface area (Å²) in [6.07, 6.45) is 1.98. The van der Waals surface area contributed by atoms with E-state index in [2.05, 4.69) is 27.2 Å². The van der Waals surface area contributed by atoms with E-state index in [0.29, 0.717) is 19.5 Å². The number of β-amino-alcohol motifs (C(OH)–C–C–N with tert-alkyl or cyclic N) is 1. The van der Waals surface area contributed by atoms with Gasteiger partial charge in [0.25, 0.3) is 0 Å². The molecule has 2 aliphatic rings. The maximum atomic E-state index is 11.9.